The first-order chi connectivity index (χ1) is 12.1. The van der Waals surface area contributed by atoms with Crippen LogP contribution in [0.25, 0.3) is 27.3 Å². The van der Waals surface area contributed by atoms with Gasteiger partial charge in [0.25, 0.3) is 0 Å². The van der Waals surface area contributed by atoms with Crippen LogP contribution in [0.3, 0.4) is 0 Å². The van der Waals surface area contributed by atoms with Gasteiger partial charge in [0.05, 0.1) is 5.39 Å². The molecule has 1 aliphatic carbocycles. The highest BCUT2D eigenvalue weighted by Gasteiger charge is 2.26. The number of hydrogen-bond donors (Lipinski definition) is 0. The van der Waals surface area contributed by atoms with E-state index in [2.05, 4.69) is 12.0 Å². The summed E-state index contributed by atoms with van der Waals surface area (Å²) in [5, 5.41) is 5.79. The molecule has 5 rings (SSSR count). The fourth-order valence-corrected chi connectivity index (χ4v) is 5.18. The minimum atomic E-state index is -0.256. The molecule has 126 valence electrons. The van der Waals surface area contributed by atoms with Crippen molar-refractivity contribution < 1.29 is 4.39 Å². The van der Waals surface area contributed by atoms with Gasteiger partial charge in [-0.1, -0.05) is 6.92 Å². The summed E-state index contributed by atoms with van der Waals surface area (Å²) in [6.45, 7) is 4.25. The molecule has 1 aromatic carbocycles. The summed E-state index contributed by atoms with van der Waals surface area (Å²) in [4.78, 5) is 12.1. The van der Waals surface area contributed by atoms with Crippen LogP contribution in [0.4, 0.5) is 4.39 Å². The maximum atomic E-state index is 13.2. The Hall–Kier alpha value is -2.34. The lowest BCUT2D eigenvalue weighted by Gasteiger charge is -2.18. The minimum Gasteiger partial charge on any atom is -0.222 e. The van der Waals surface area contributed by atoms with Gasteiger partial charge in [-0.05, 0) is 61.9 Å². The Morgan fingerprint density at radius 3 is 2.80 bits per heavy atom. The monoisotopic (exact) mass is 352 g/mol. The smallest absolute Gasteiger partial charge is 0.182 e. The van der Waals surface area contributed by atoms with Crippen LogP contribution in [0.5, 0.6) is 0 Å². The van der Waals surface area contributed by atoms with Crippen LogP contribution in [0, 0.1) is 12.7 Å². The predicted octanol–water partition coefficient (Wildman–Crippen LogP) is 4.89. The molecule has 0 aliphatic heterocycles. The largest absolute Gasteiger partial charge is 0.222 e. The van der Waals surface area contributed by atoms with Gasteiger partial charge in [-0.15, -0.1) is 16.4 Å². The number of halogens is 1. The number of benzene rings is 1. The second-order valence-corrected chi connectivity index (χ2v) is 7.83. The zero-order valence-electron chi connectivity index (χ0n) is 14.1. The van der Waals surface area contributed by atoms with Gasteiger partial charge in [0.2, 0.25) is 0 Å². The highest BCUT2D eigenvalue weighted by Crippen LogP contribution is 2.43. The van der Waals surface area contributed by atoms with Crippen LogP contribution in [-0.4, -0.2) is 19.6 Å². The molecule has 3 aromatic heterocycles. The normalized spacial score (nSPS) is 17.3. The quantitative estimate of drug-likeness (QED) is 0.490. The van der Waals surface area contributed by atoms with Gasteiger partial charge >= 0.3 is 0 Å². The number of rotatable bonds is 1. The second kappa shape index (κ2) is 5.33. The third-order valence-corrected chi connectivity index (χ3v) is 6.20. The SMILES string of the molecule is Cc1nc2sc3c(c2c2nc(-c4ccc(F)cc4)nn12)[C@H](C)CCC3. The van der Waals surface area contributed by atoms with E-state index in [9.17, 15) is 4.39 Å². The molecule has 0 unspecified atom stereocenters. The molecule has 0 saturated heterocycles. The predicted molar refractivity (Wildman–Crippen MR) is 97.6 cm³/mol. The van der Waals surface area contributed by atoms with E-state index in [1.165, 1.54) is 35.4 Å². The molecule has 0 N–H and O–H groups in total. The van der Waals surface area contributed by atoms with Crippen molar-refractivity contribution in [2.45, 2.75) is 39.0 Å². The molecule has 6 heteroatoms. The molecule has 1 atom stereocenters. The number of aromatic nitrogens is 4. The summed E-state index contributed by atoms with van der Waals surface area (Å²) in [5.41, 5.74) is 3.09. The minimum absolute atomic E-state index is 0.256. The lowest BCUT2D eigenvalue weighted by atomic mass is 9.87. The highest BCUT2D eigenvalue weighted by atomic mass is 32.1. The Balaban J connectivity index is 1.82. The van der Waals surface area contributed by atoms with E-state index in [4.69, 9.17) is 9.97 Å². The van der Waals surface area contributed by atoms with Gasteiger partial charge in [-0.25, -0.2) is 14.4 Å². The topological polar surface area (TPSA) is 43.1 Å². The summed E-state index contributed by atoms with van der Waals surface area (Å²) in [5.74, 6) is 1.71. The number of nitrogens with zero attached hydrogens (tertiary/aromatic N) is 4. The molecule has 0 amide bonds. The lowest BCUT2D eigenvalue weighted by Crippen LogP contribution is -2.05. The van der Waals surface area contributed by atoms with E-state index in [-0.39, 0.29) is 5.82 Å². The summed E-state index contributed by atoms with van der Waals surface area (Å²) in [7, 11) is 0. The van der Waals surface area contributed by atoms with Crippen molar-refractivity contribution in [2.75, 3.05) is 0 Å². The van der Waals surface area contributed by atoms with Crippen LogP contribution >= 0.6 is 11.3 Å². The van der Waals surface area contributed by atoms with Crippen molar-refractivity contribution in [1.29, 1.82) is 0 Å². The van der Waals surface area contributed by atoms with Crippen LogP contribution in [0.1, 0.15) is 41.9 Å². The molecular weight excluding hydrogens is 335 g/mol. The van der Waals surface area contributed by atoms with E-state index < -0.39 is 0 Å². The molecule has 1 aliphatic rings. The van der Waals surface area contributed by atoms with Gasteiger partial charge in [0.1, 0.15) is 16.5 Å². The number of aryl methyl sites for hydroxylation is 2. The van der Waals surface area contributed by atoms with E-state index >= 15 is 0 Å². The zero-order valence-corrected chi connectivity index (χ0v) is 14.9. The first-order valence-corrected chi connectivity index (χ1v) is 9.38. The van der Waals surface area contributed by atoms with Crippen molar-refractivity contribution in [2.24, 2.45) is 0 Å². The molecule has 3 heterocycles. The molecule has 0 bridgehead atoms. The second-order valence-electron chi connectivity index (χ2n) is 6.75. The van der Waals surface area contributed by atoms with Gasteiger partial charge in [-0.2, -0.15) is 4.52 Å². The Bertz CT molecular complexity index is 1110. The Kier molecular flexibility index (Phi) is 3.19. The summed E-state index contributed by atoms with van der Waals surface area (Å²) < 4.78 is 15.0. The average molecular weight is 352 g/mol. The molecule has 4 nitrogen and oxygen atoms in total. The fourth-order valence-electron chi connectivity index (χ4n) is 3.81. The summed E-state index contributed by atoms with van der Waals surface area (Å²) in [6, 6.07) is 6.32. The Morgan fingerprint density at radius 1 is 1.20 bits per heavy atom. The van der Waals surface area contributed by atoms with Crippen LogP contribution in [0.15, 0.2) is 24.3 Å². The van der Waals surface area contributed by atoms with Crippen molar-refractivity contribution in [1.82, 2.24) is 19.6 Å². The molecule has 4 aromatic rings. The third kappa shape index (κ3) is 2.20. The van der Waals surface area contributed by atoms with Crippen molar-refractivity contribution >= 4 is 27.2 Å². The van der Waals surface area contributed by atoms with Crippen LogP contribution in [0.2, 0.25) is 0 Å². The standard InChI is InChI=1S/C19H17FN4S/c1-10-4-3-5-14-15(10)16-18-22-17(12-6-8-13(20)9-7-12)23-24(18)11(2)21-19(16)25-14/h6-10H,3-5H2,1-2H3/t10-/m1/s1. The summed E-state index contributed by atoms with van der Waals surface area (Å²) in [6.07, 6.45) is 3.58. The summed E-state index contributed by atoms with van der Waals surface area (Å²) >= 11 is 1.80. The first-order valence-electron chi connectivity index (χ1n) is 8.56. The zero-order chi connectivity index (χ0) is 17.1. The average Bonchev–Trinajstić information content (AvgIpc) is 3.17. The van der Waals surface area contributed by atoms with Gasteiger partial charge < -0.3 is 0 Å². The van der Waals surface area contributed by atoms with Gasteiger partial charge in [0.15, 0.2) is 11.5 Å². The maximum absolute atomic E-state index is 13.2. The Morgan fingerprint density at radius 2 is 2.00 bits per heavy atom. The number of thiophene rings is 1. The van der Waals surface area contributed by atoms with Gasteiger partial charge in [-0.3, -0.25) is 0 Å². The van der Waals surface area contributed by atoms with E-state index in [0.29, 0.717) is 11.7 Å². The molecule has 0 fully saturated rings. The van der Waals surface area contributed by atoms with E-state index in [1.807, 2.05) is 11.4 Å². The first kappa shape index (κ1) is 15.0. The maximum Gasteiger partial charge on any atom is 0.182 e. The van der Waals surface area contributed by atoms with Crippen LogP contribution < -0.4 is 0 Å². The molecule has 0 spiro atoms. The molecule has 0 radical (unpaired) electrons. The Labute approximate surface area is 148 Å². The lowest BCUT2D eigenvalue weighted by molar-refractivity contribution is 0.602. The molecule has 0 saturated carbocycles. The number of fused-ring (bicyclic) bond motifs is 5. The van der Waals surface area contributed by atoms with Gasteiger partial charge in [0, 0.05) is 10.4 Å². The molecular formula is C19H17FN4S. The van der Waals surface area contributed by atoms with Crippen molar-refractivity contribution in [3.8, 4) is 11.4 Å². The van der Waals surface area contributed by atoms with Crippen molar-refractivity contribution in [3.05, 3.63) is 46.3 Å². The highest BCUT2D eigenvalue weighted by molar-refractivity contribution is 7.19. The van der Waals surface area contributed by atoms with Crippen LogP contribution in [-0.2, 0) is 6.42 Å². The third-order valence-electron chi connectivity index (χ3n) is 5.04. The fraction of sp³-hybridized carbons (Fsp3) is 0.316. The number of hydrogen-bond acceptors (Lipinski definition) is 4. The molecule has 25 heavy (non-hydrogen) atoms. The van der Waals surface area contributed by atoms with Crippen molar-refractivity contribution in [3.63, 3.8) is 0 Å². The van der Waals surface area contributed by atoms with E-state index in [1.54, 1.807) is 23.5 Å². The van der Waals surface area contributed by atoms with E-state index in [0.717, 1.165) is 33.7 Å².